The van der Waals surface area contributed by atoms with Crippen LogP contribution in [0.5, 0.6) is 5.75 Å². The molecule has 0 aliphatic rings. The predicted molar refractivity (Wildman–Crippen MR) is 36.0 cm³/mol. The lowest BCUT2D eigenvalue weighted by Gasteiger charge is -1.89. The van der Waals surface area contributed by atoms with Crippen molar-refractivity contribution >= 4 is 12.6 Å². The van der Waals surface area contributed by atoms with Gasteiger partial charge in [-0.05, 0) is 0 Å². The van der Waals surface area contributed by atoms with Gasteiger partial charge < -0.3 is 10.1 Å². The summed E-state index contributed by atoms with van der Waals surface area (Å²) in [5.74, 6) is -0.303. The van der Waals surface area contributed by atoms with Gasteiger partial charge in [-0.2, -0.15) is 0 Å². The molecule has 0 fully saturated rings. The Kier molecular flexibility index (Phi) is 1.48. The Hall–Kier alpha value is -0.900. The third-order valence-electron chi connectivity index (χ3n) is 0.868. The van der Waals surface area contributed by atoms with Crippen LogP contribution >= 0.6 is 12.6 Å². The fourth-order valence-electron chi connectivity index (χ4n) is 0.461. The Morgan fingerprint density at radius 3 is 2.78 bits per heavy atom. The first-order valence-electron chi connectivity index (χ1n) is 2.31. The average Bonchev–Trinajstić information content (AvgIpc) is 1.80. The molecule has 0 aliphatic carbocycles. The number of rotatable bonds is 0. The predicted octanol–water partition coefficient (Wildman–Crippen LogP) is 0.369. The number of hydrogen-bond donors (Lipinski definition) is 3. The van der Waals surface area contributed by atoms with E-state index in [0.29, 0.717) is 4.90 Å². The SMILES string of the molecule is O=c1[nH]cc(S)cc1O. The average molecular weight is 143 g/mol. The normalized spacial score (nSPS) is 9.44. The molecule has 1 rings (SSSR count). The Labute approximate surface area is 56.8 Å². The Bertz CT molecular complexity index is 268. The van der Waals surface area contributed by atoms with Crippen molar-refractivity contribution in [2.75, 3.05) is 0 Å². The van der Waals surface area contributed by atoms with Crippen molar-refractivity contribution in [1.82, 2.24) is 4.98 Å². The lowest BCUT2D eigenvalue weighted by molar-refractivity contribution is 0.465. The summed E-state index contributed by atoms with van der Waals surface area (Å²) in [7, 11) is 0. The van der Waals surface area contributed by atoms with Crippen molar-refractivity contribution < 1.29 is 5.11 Å². The van der Waals surface area contributed by atoms with E-state index in [1.807, 2.05) is 0 Å². The topological polar surface area (TPSA) is 53.1 Å². The van der Waals surface area contributed by atoms with Crippen LogP contribution in [0.15, 0.2) is 22.0 Å². The minimum absolute atomic E-state index is 0.303. The second kappa shape index (κ2) is 2.14. The molecule has 0 saturated carbocycles. The summed E-state index contributed by atoms with van der Waals surface area (Å²) in [5, 5.41) is 8.71. The smallest absolute Gasteiger partial charge is 0.290 e. The van der Waals surface area contributed by atoms with Crippen LogP contribution in [0.4, 0.5) is 0 Å². The highest BCUT2D eigenvalue weighted by molar-refractivity contribution is 7.80. The lowest BCUT2D eigenvalue weighted by atomic mass is 10.5. The van der Waals surface area contributed by atoms with Crippen molar-refractivity contribution in [2.24, 2.45) is 0 Å². The number of aromatic nitrogens is 1. The van der Waals surface area contributed by atoms with Crippen LogP contribution in [0.1, 0.15) is 0 Å². The molecular weight excluding hydrogens is 138 g/mol. The largest absolute Gasteiger partial charge is 0.503 e. The summed E-state index contributed by atoms with van der Waals surface area (Å²) in [5.41, 5.74) is -0.493. The summed E-state index contributed by atoms with van der Waals surface area (Å²) in [6.07, 6.45) is 1.41. The highest BCUT2D eigenvalue weighted by atomic mass is 32.1. The standard InChI is InChI=1S/C5H5NO2S/c7-4-1-3(9)2-6-5(4)8/h1-2,7,9H,(H,6,8). The van der Waals surface area contributed by atoms with E-state index in [1.54, 1.807) is 0 Å². The minimum atomic E-state index is -0.493. The minimum Gasteiger partial charge on any atom is -0.503 e. The van der Waals surface area contributed by atoms with Gasteiger partial charge in [-0.1, -0.05) is 0 Å². The Morgan fingerprint density at radius 1 is 1.67 bits per heavy atom. The van der Waals surface area contributed by atoms with Gasteiger partial charge in [0.25, 0.3) is 5.56 Å². The number of thiol groups is 1. The van der Waals surface area contributed by atoms with Crippen molar-refractivity contribution in [1.29, 1.82) is 0 Å². The third-order valence-corrected chi connectivity index (χ3v) is 1.13. The highest BCUT2D eigenvalue weighted by Gasteiger charge is 1.93. The summed E-state index contributed by atoms with van der Waals surface area (Å²) in [6, 6.07) is 1.28. The molecule has 1 aromatic rings. The molecular formula is C5H5NO2S. The van der Waals surface area contributed by atoms with Gasteiger partial charge in [0.15, 0.2) is 5.75 Å². The molecule has 9 heavy (non-hydrogen) atoms. The number of hydrogen-bond acceptors (Lipinski definition) is 3. The molecule has 0 spiro atoms. The van der Waals surface area contributed by atoms with E-state index in [2.05, 4.69) is 17.6 Å². The molecule has 1 aromatic heterocycles. The van der Waals surface area contributed by atoms with Crippen LogP contribution in [0.3, 0.4) is 0 Å². The van der Waals surface area contributed by atoms with Gasteiger partial charge in [0, 0.05) is 17.2 Å². The van der Waals surface area contributed by atoms with Gasteiger partial charge in [0.05, 0.1) is 0 Å². The zero-order valence-corrected chi connectivity index (χ0v) is 5.35. The van der Waals surface area contributed by atoms with E-state index in [9.17, 15) is 4.79 Å². The van der Waals surface area contributed by atoms with Crippen LogP contribution in [0.2, 0.25) is 0 Å². The molecule has 0 amide bonds. The number of aromatic hydroxyl groups is 1. The molecule has 0 radical (unpaired) electrons. The van der Waals surface area contributed by atoms with Gasteiger partial charge in [-0.3, -0.25) is 4.79 Å². The van der Waals surface area contributed by atoms with Gasteiger partial charge in [0.2, 0.25) is 0 Å². The second-order valence-electron chi connectivity index (χ2n) is 1.57. The van der Waals surface area contributed by atoms with Crippen molar-refractivity contribution in [3.05, 3.63) is 22.6 Å². The monoisotopic (exact) mass is 143 g/mol. The summed E-state index contributed by atoms with van der Waals surface area (Å²) in [4.78, 5) is 13.3. The van der Waals surface area contributed by atoms with E-state index in [-0.39, 0.29) is 5.75 Å². The first kappa shape index (κ1) is 6.22. The van der Waals surface area contributed by atoms with Crippen LogP contribution in [0.25, 0.3) is 0 Å². The molecule has 0 bridgehead atoms. The van der Waals surface area contributed by atoms with Crippen molar-refractivity contribution in [2.45, 2.75) is 4.90 Å². The molecule has 0 aromatic carbocycles. The van der Waals surface area contributed by atoms with Gasteiger partial charge in [-0.15, -0.1) is 12.6 Å². The van der Waals surface area contributed by atoms with Crippen LogP contribution in [-0.2, 0) is 0 Å². The van der Waals surface area contributed by atoms with Crippen LogP contribution in [0, 0.1) is 0 Å². The summed E-state index contributed by atoms with van der Waals surface area (Å²) < 4.78 is 0. The molecule has 2 N–H and O–H groups in total. The molecule has 0 saturated heterocycles. The molecule has 48 valence electrons. The van der Waals surface area contributed by atoms with Crippen molar-refractivity contribution in [3.63, 3.8) is 0 Å². The number of aromatic amines is 1. The third kappa shape index (κ3) is 1.26. The first-order valence-corrected chi connectivity index (χ1v) is 2.75. The Balaban J connectivity index is 3.34. The highest BCUT2D eigenvalue weighted by Crippen LogP contribution is 2.06. The Morgan fingerprint density at radius 2 is 2.33 bits per heavy atom. The molecule has 4 heteroatoms. The zero-order valence-electron chi connectivity index (χ0n) is 4.46. The van der Waals surface area contributed by atoms with Crippen LogP contribution in [-0.4, -0.2) is 10.1 Å². The van der Waals surface area contributed by atoms with Gasteiger partial charge in [-0.25, -0.2) is 0 Å². The zero-order chi connectivity index (χ0) is 6.85. The van der Waals surface area contributed by atoms with Crippen LogP contribution < -0.4 is 5.56 Å². The number of H-pyrrole nitrogens is 1. The number of nitrogens with one attached hydrogen (secondary N) is 1. The molecule has 1 heterocycles. The van der Waals surface area contributed by atoms with E-state index in [1.165, 1.54) is 12.3 Å². The van der Waals surface area contributed by atoms with Crippen molar-refractivity contribution in [3.8, 4) is 5.75 Å². The van der Waals surface area contributed by atoms with E-state index in [0.717, 1.165) is 0 Å². The van der Waals surface area contributed by atoms with E-state index >= 15 is 0 Å². The first-order chi connectivity index (χ1) is 4.20. The molecule has 0 unspecified atom stereocenters. The molecule has 3 nitrogen and oxygen atoms in total. The van der Waals surface area contributed by atoms with E-state index < -0.39 is 5.56 Å². The van der Waals surface area contributed by atoms with E-state index in [4.69, 9.17) is 5.11 Å². The quantitative estimate of drug-likeness (QED) is 0.459. The second-order valence-corrected chi connectivity index (χ2v) is 2.09. The van der Waals surface area contributed by atoms with Gasteiger partial charge >= 0.3 is 0 Å². The fourth-order valence-corrected chi connectivity index (χ4v) is 0.648. The molecule has 0 aliphatic heterocycles. The summed E-state index contributed by atoms with van der Waals surface area (Å²) >= 11 is 3.87. The maximum Gasteiger partial charge on any atom is 0.290 e. The number of pyridine rings is 1. The maximum atomic E-state index is 10.4. The lowest BCUT2D eigenvalue weighted by Crippen LogP contribution is -2.02. The van der Waals surface area contributed by atoms with Gasteiger partial charge in [0.1, 0.15) is 0 Å². The summed E-state index contributed by atoms with van der Waals surface area (Å²) in [6.45, 7) is 0. The molecule has 0 atom stereocenters. The fraction of sp³-hybridized carbons (Fsp3) is 0. The maximum absolute atomic E-state index is 10.4.